The lowest BCUT2D eigenvalue weighted by molar-refractivity contribution is -0.138. The average molecular weight is 224 g/mol. The normalized spacial score (nSPS) is 19.3. The number of hydrogen-bond acceptors (Lipinski definition) is 7. The molecule has 0 aromatic heterocycles. The van der Waals surface area contributed by atoms with Crippen molar-refractivity contribution in [3.05, 3.63) is 0 Å². The number of aliphatic hydroxyl groups is 5. The van der Waals surface area contributed by atoms with E-state index in [1.807, 2.05) is 0 Å². The van der Waals surface area contributed by atoms with E-state index in [4.69, 9.17) is 15.3 Å². The molecule has 0 heterocycles. The van der Waals surface area contributed by atoms with Gasteiger partial charge in [0.1, 0.15) is 24.4 Å². The van der Waals surface area contributed by atoms with Gasteiger partial charge in [-0.05, 0) is 0 Å². The largest absolute Gasteiger partial charge is 0.394 e. The number of aldehydes is 1. The molecule has 7 heteroatoms. The van der Waals surface area contributed by atoms with Crippen molar-refractivity contribution in [1.82, 2.24) is 0 Å². The minimum absolute atomic E-state index is 0.0177. The van der Waals surface area contributed by atoms with Gasteiger partial charge in [0.15, 0.2) is 6.29 Å². The molecule has 90 valence electrons. The molecule has 15 heavy (non-hydrogen) atoms. The molecule has 0 bridgehead atoms. The summed E-state index contributed by atoms with van der Waals surface area (Å²) in [5, 5.41) is 44.8. The van der Waals surface area contributed by atoms with Gasteiger partial charge >= 0.3 is 0 Å². The zero-order chi connectivity index (χ0) is 11.8. The molecule has 7 nitrogen and oxygen atoms in total. The first-order valence-corrected chi connectivity index (χ1v) is 4.40. The van der Waals surface area contributed by atoms with Crippen LogP contribution in [0.25, 0.3) is 0 Å². The fraction of sp³-hybridized carbons (Fsp3) is 0.875. The summed E-state index contributed by atoms with van der Waals surface area (Å²) in [5.41, 5.74) is 0. The third-order valence-corrected chi connectivity index (χ3v) is 1.76. The van der Waals surface area contributed by atoms with E-state index in [1.165, 1.54) is 0 Å². The van der Waals surface area contributed by atoms with Gasteiger partial charge in [-0.1, -0.05) is 0 Å². The van der Waals surface area contributed by atoms with Crippen molar-refractivity contribution in [2.75, 3.05) is 19.8 Å². The molecule has 0 spiro atoms. The number of rotatable bonds is 8. The molecule has 5 N–H and O–H groups in total. The quantitative estimate of drug-likeness (QED) is 0.215. The van der Waals surface area contributed by atoms with Crippen LogP contribution in [0.1, 0.15) is 0 Å². The van der Waals surface area contributed by atoms with Crippen LogP contribution >= 0.6 is 0 Å². The van der Waals surface area contributed by atoms with Crippen molar-refractivity contribution < 1.29 is 35.1 Å². The van der Waals surface area contributed by atoms with Crippen molar-refractivity contribution in [1.29, 1.82) is 0 Å². The lowest BCUT2D eigenvalue weighted by atomic mass is 10.0. The fourth-order valence-corrected chi connectivity index (χ4v) is 0.877. The van der Waals surface area contributed by atoms with E-state index in [0.29, 0.717) is 0 Å². The Hall–Kier alpha value is -0.570. The van der Waals surface area contributed by atoms with Gasteiger partial charge < -0.3 is 35.1 Å². The SMILES string of the molecule is O=C[C@H](O)[C@@H](O)[C@@H](O)[C@H](O)COCCO. The van der Waals surface area contributed by atoms with Gasteiger partial charge in [-0.3, -0.25) is 0 Å². The molecule has 0 aromatic rings. The summed E-state index contributed by atoms with van der Waals surface area (Å²) in [6.07, 6.45) is -6.61. The Labute approximate surface area is 86.5 Å². The van der Waals surface area contributed by atoms with Crippen molar-refractivity contribution in [3.63, 3.8) is 0 Å². The molecule has 0 aliphatic carbocycles. The van der Waals surface area contributed by atoms with Crippen LogP contribution in [0.3, 0.4) is 0 Å². The highest BCUT2D eigenvalue weighted by Crippen LogP contribution is 2.04. The van der Waals surface area contributed by atoms with Crippen molar-refractivity contribution in [2.24, 2.45) is 0 Å². The van der Waals surface area contributed by atoms with E-state index in [0.717, 1.165) is 0 Å². The van der Waals surface area contributed by atoms with Crippen LogP contribution < -0.4 is 0 Å². The highest BCUT2D eigenvalue weighted by molar-refractivity contribution is 5.56. The van der Waals surface area contributed by atoms with E-state index >= 15 is 0 Å². The molecule has 0 rings (SSSR count). The van der Waals surface area contributed by atoms with Crippen LogP contribution in [0.2, 0.25) is 0 Å². The van der Waals surface area contributed by atoms with Gasteiger partial charge in [-0.25, -0.2) is 0 Å². The van der Waals surface area contributed by atoms with Gasteiger partial charge in [0, 0.05) is 0 Å². The third-order valence-electron chi connectivity index (χ3n) is 1.76. The number of carbonyl (C=O) groups is 1. The minimum Gasteiger partial charge on any atom is -0.394 e. The zero-order valence-corrected chi connectivity index (χ0v) is 8.06. The lowest BCUT2D eigenvalue weighted by Gasteiger charge is -2.23. The smallest absolute Gasteiger partial charge is 0.151 e. The van der Waals surface area contributed by atoms with Crippen LogP contribution in [0.15, 0.2) is 0 Å². The molecule has 0 aromatic carbocycles. The summed E-state index contributed by atoms with van der Waals surface area (Å²) in [6, 6.07) is 0. The Morgan fingerprint density at radius 1 is 1.13 bits per heavy atom. The Kier molecular flexibility index (Phi) is 7.39. The molecular weight excluding hydrogens is 208 g/mol. The van der Waals surface area contributed by atoms with Crippen LogP contribution in [0.5, 0.6) is 0 Å². The van der Waals surface area contributed by atoms with Gasteiger partial charge in [0.05, 0.1) is 19.8 Å². The minimum atomic E-state index is -1.77. The number of carbonyl (C=O) groups excluding carboxylic acids is 1. The second-order valence-corrected chi connectivity index (χ2v) is 2.97. The first kappa shape index (κ1) is 14.4. The maximum atomic E-state index is 10.1. The summed E-state index contributed by atoms with van der Waals surface area (Å²) in [5.74, 6) is 0. The van der Waals surface area contributed by atoms with Gasteiger partial charge in [0.25, 0.3) is 0 Å². The Morgan fingerprint density at radius 2 is 1.73 bits per heavy atom. The second kappa shape index (κ2) is 7.69. The van der Waals surface area contributed by atoms with E-state index in [2.05, 4.69) is 4.74 Å². The van der Waals surface area contributed by atoms with E-state index in [1.54, 1.807) is 0 Å². The number of ether oxygens (including phenoxy) is 1. The van der Waals surface area contributed by atoms with Crippen molar-refractivity contribution >= 4 is 6.29 Å². The average Bonchev–Trinajstić information content (AvgIpc) is 2.26. The van der Waals surface area contributed by atoms with Crippen molar-refractivity contribution in [2.45, 2.75) is 24.4 Å². The monoisotopic (exact) mass is 224 g/mol. The Bertz CT molecular complexity index is 174. The summed E-state index contributed by atoms with van der Waals surface area (Å²) in [7, 11) is 0. The predicted molar refractivity (Wildman–Crippen MR) is 48.0 cm³/mol. The Morgan fingerprint density at radius 3 is 2.20 bits per heavy atom. The highest BCUT2D eigenvalue weighted by atomic mass is 16.5. The molecule has 0 aliphatic rings. The molecule has 0 aliphatic heterocycles. The molecule has 0 fully saturated rings. The van der Waals surface area contributed by atoms with Crippen LogP contribution in [0.4, 0.5) is 0 Å². The van der Waals surface area contributed by atoms with Crippen molar-refractivity contribution in [3.8, 4) is 0 Å². The first-order valence-electron chi connectivity index (χ1n) is 4.40. The Balaban J connectivity index is 3.95. The molecule has 0 saturated carbocycles. The molecular formula is C8H16O7. The topological polar surface area (TPSA) is 127 Å². The zero-order valence-electron chi connectivity index (χ0n) is 8.06. The number of aliphatic hydroxyl groups excluding tert-OH is 5. The maximum Gasteiger partial charge on any atom is 0.151 e. The fourth-order valence-electron chi connectivity index (χ4n) is 0.877. The second-order valence-electron chi connectivity index (χ2n) is 2.97. The summed E-state index contributed by atoms with van der Waals surface area (Å²) in [4.78, 5) is 10.1. The first-order chi connectivity index (χ1) is 7.04. The summed E-state index contributed by atoms with van der Waals surface area (Å²) in [6.45, 7) is -0.567. The highest BCUT2D eigenvalue weighted by Gasteiger charge is 2.30. The summed E-state index contributed by atoms with van der Waals surface area (Å²) < 4.78 is 4.69. The van der Waals surface area contributed by atoms with Crippen LogP contribution in [0, 0.1) is 0 Å². The van der Waals surface area contributed by atoms with Gasteiger partial charge in [-0.2, -0.15) is 0 Å². The predicted octanol–water partition coefficient (Wildman–Crippen LogP) is -3.36. The third kappa shape index (κ3) is 5.17. The van der Waals surface area contributed by atoms with Crippen LogP contribution in [-0.4, -0.2) is 76.1 Å². The van der Waals surface area contributed by atoms with E-state index in [9.17, 15) is 15.0 Å². The number of hydrogen-bond donors (Lipinski definition) is 5. The molecule has 4 atom stereocenters. The van der Waals surface area contributed by atoms with E-state index < -0.39 is 24.4 Å². The molecule has 0 amide bonds. The standard InChI is InChI=1S/C8H16O7/c9-1-2-15-4-6(12)8(14)7(13)5(11)3-10/h3,5-9,11-14H,1-2,4H2/t5-,6+,7+,8-/m0/s1. The lowest BCUT2D eigenvalue weighted by Crippen LogP contribution is -2.46. The van der Waals surface area contributed by atoms with Gasteiger partial charge in [0.2, 0.25) is 0 Å². The van der Waals surface area contributed by atoms with E-state index in [-0.39, 0.29) is 26.1 Å². The summed E-state index contributed by atoms with van der Waals surface area (Å²) >= 11 is 0. The molecule has 0 radical (unpaired) electrons. The molecule has 0 unspecified atom stereocenters. The van der Waals surface area contributed by atoms with Gasteiger partial charge in [-0.15, -0.1) is 0 Å². The molecule has 0 saturated heterocycles. The maximum absolute atomic E-state index is 10.1. The van der Waals surface area contributed by atoms with Crippen LogP contribution in [-0.2, 0) is 9.53 Å².